The van der Waals surface area contributed by atoms with Crippen molar-refractivity contribution in [1.29, 1.82) is 0 Å². The number of allylic oxidation sites excluding steroid dienone is 1. The Bertz CT molecular complexity index is 72.1. The van der Waals surface area contributed by atoms with Crippen LogP contribution < -0.4 is 5.48 Å². The first-order valence-electron chi connectivity index (χ1n) is 2.23. The summed E-state index contributed by atoms with van der Waals surface area (Å²) in [6.07, 6.45) is 2.00. The van der Waals surface area contributed by atoms with E-state index in [1.807, 2.05) is 13.0 Å². The molecule has 0 aliphatic rings. The number of hydrogen-bond donors (Lipinski definition) is 1. The molecule has 0 saturated heterocycles. The molecule has 0 radical (unpaired) electrons. The number of hydrogen-bond acceptors (Lipinski definition) is 2. The first-order valence-corrected chi connectivity index (χ1v) is 3.23. The third kappa shape index (κ3) is 3.55. The fourth-order valence-electron chi connectivity index (χ4n) is 0.220. The van der Waals surface area contributed by atoms with E-state index in [2.05, 4.69) is 10.3 Å². The standard InChI is InChI=1S/C4H11NOSi/c1-3-4(7)5-6-2/h3,5H,1-2,7H3. The van der Waals surface area contributed by atoms with Gasteiger partial charge in [-0.2, -0.15) is 0 Å². The molecule has 1 N–H and O–H groups in total. The highest BCUT2D eigenvalue weighted by Gasteiger charge is 1.75. The largest absolute Gasteiger partial charge is 0.280 e. The van der Waals surface area contributed by atoms with E-state index in [-0.39, 0.29) is 0 Å². The minimum atomic E-state index is 1.02. The number of rotatable bonds is 2. The van der Waals surface area contributed by atoms with Gasteiger partial charge in [-0.3, -0.25) is 10.3 Å². The van der Waals surface area contributed by atoms with Crippen LogP contribution in [-0.4, -0.2) is 17.4 Å². The molecule has 42 valence electrons. The van der Waals surface area contributed by atoms with Gasteiger partial charge in [0.15, 0.2) is 0 Å². The van der Waals surface area contributed by atoms with Crippen molar-refractivity contribution in [1.82, 2.24) is 5.48 Å². The van der Waals surface area contributed by atoms with Crippen molar-refractivity contribution in [2.75, 3.05) is 7.11 Å². The monoisotopic (exact) mass is 117 g/mol. The van der Waals surface area contributed by atoms with Crippen LogP contribution in [0.3, 0.4) is 0 Å². The molecule has 0 atom stereocenters. The molecule has 0 unspecified atom stereocenters. The van der Waals surface area contributed by atoms with Crippen molar-refractivity contribution in [2.45, 2.75) is 6.92 Å². The Morgan fingerprint density at radius 1 is 1.86 bits per heavy atom. The minimum absolute atomic E-state index is 1.02. The summed E-state index contributed by atoms with van der Waals surface area (Å²) >= 11 is 0. The van der Waals surface area contributed by atoms with Crippen molar-refractivity contribution in [3.05, 3.63) is 11.4 Å². The molecule has 0 aromatic heterocycles. The maximum absolute atomic E-state index is 4.61. The van der Waals surface area contributed by atoms with Crippen LogP contribution in [0.2, 0.25) is 0 Å². The van der Waals surface area contributed by atoms with Gasteiger partial charge in [-0.05, 0) is 6.92 Å². The van der Waals surface area contributed by atoms with Gasteiger partial charge < -0.3 is 0 Å². The molecule has 0 saturated carbocycles. The molecule has 0 aromatic rings. The molecular weight excluding hydrogens is 106 g/mol. The summed E-state index contributed by atoms with van der Waals surface area (Å²) in [5, 5.41) is 1.17. The summed E-state index contributed by atoms with van der Waals surface area (Å²) in [4.78, 5) is 4.61. The first-order chi connectivity index (χ1) is 3.31. The van der Waals surface area contributed by atoms with E-state index in [0.29, 0.717) is 0 Å². The zero-order chi connectivity index (χ0) is 5.70. The minimum Gasteiger partial charge on any atom is -0.280 e. The summed E-state index contributed by atoms with van der Waals surface area (Å²) in [6.45, 7) is 1.98. The topological polar surface area (TPSA) is 21.3 Å². The fourth-order valence-corrected chi connectivity index (χ4v) is 0.424. The maximum atomic E-state index is 4.61. The van der Waals surface area contributed by atoms with Crippen LogP contribution in [0, 0.1) is 0 Å². The van der Waals surface area contributed by atoms with Gasteiger partial charge in [-0.15, -0.1) is 0 Å². The van der Waals surface area contributed by atoms with Gasteiger partial charge in [0, 0.05) is 5.32 Å². The Hall–Kier alpha value is -0.283. The van der Waals surface area contributed by atoms with Crippen molar-refractivity contribution < 1.29 is 4.84 Å². The molecule has 0 heterocycles. The second-order valence-electron chi connectivity index (χ2n) is 1.28. The van der Waals surface area contributed by atoms with Crippen LogP contribution in [0.1, 0.15) is 6.92 Å². The third-order valence-electron chi connectivity index (χ3n) is 0.696. The molecule has 0 aliphatic carbocycles. The van der Waals surface area contributed by atoms with Gasteiger partial charge >= 0.3 is 0 Å². The average Bonchev–Trinajstić information content (AvgIpc) is 1.68. The second-order valence-corrected chi connectivity index (χ2v) is 2.36. The molecule has 0 aromatic carbocycles. The first kappa shape index (κ1) is 6.72. The Kier molecular flexibility index (Phi) is 3.73. The molecule has 0 fully saturated rings. The lowest BCUT2D eigenvalue weighted by molar-refractivity contribution is 0.124. The van der Waals surface area contributed by atoms with Gasteiger partial charge in [0.25, 0.3) is 0 Å². The van der Waals surface area contributed by atoms with Crippen molar-refractivity contribution in [3.63, 3.8) is 0 Å². The lowest BCUT2D eigenvalue weighted by Gasteiger charge is -1.98. The van der Waals surface area contributed by atoms with Crippen LogP contribution in [0.5, 0.6) is 0 Å². The van der Waals surface area contributed by atoms with Crippen molar-refractivity contribution >= 4 is 10.2 Å². The molecule has 0 aliphatic heterocycles. The van der Waals surface area contributed by atoms with Crippen LogP contribution >= 0.6 is 0 Å². The van der Waals surface area contributed by atoms with E-state index < -0.39 is 0 Å². The normalized spacial score (nSPS) is 12.0. The summed E-state index contributed by atoms with van der Waals surface area (Å²) in [7, 11) is 2.64. The highest BCUT2D eigenvalue weighted by atomic mass is 28.1. The second kappa shape index (κ2) is 3.89. The van der Waals surface area contributed by atoms with E-state index in [9.17, 15) is 0 Å². The lowest BCUT2D eigenvalue weighted by Crippen LogP contribution is -2.09. The Morgan fingerprint density at radius 3 is 2.57 bits per heavy atom. The molecule has 2 nitrogen and oxygen atoms in total. The lowest BCUT2D eigenvalue weighted by atomic mass is 10.7. The predicted molar refractivity (Wildman–Crippen MR) is 33.8 cm³/mol. The smallest absolute Gasteiger partial charge is 0.0636 e. The van der Waals surface area contributed by atoms with Gasteiger partial charge in [0.05, 0.1) is 17.4 Å². The molecule has 0 spiro atoms. The van der Waals surface area contributed by atoms with Crippen LogP contribution in [0.4, 0.5) is 0 Å². The third-order valence-corrected chi connectivity index (χ3v) is 1.48. The van der Waals surface area contributed by atoms with Crippen molar-refractivity contribution in [2.24, 2.45) is 0 Å². The SMILES string of the molecule is CC=C([SiH3])NOC. The van der Waals surface area contributed by atoms with E-state index in [0.717, 1.165) is 10.2 Å². The predicted octanol–water partition coefficient (Wildman–Crippen LogP) is -0.636. The van der Waals surface area contributed by atoms with Crippen LogP contribution in [0.15, 0.2) is 11.4 Å². The Morgan fingerprint density at radius 2 is 2.43 bits per heavy atom. The van der Waals surface area contributed by atoms with Crippen LogP contribution in [-0.2, 0) is 4.84 Å². The van der Waals surface area contributed by atoms with E-state index in [4.69, 9.17) is 0 Å². The maximum Gasteiger partial charge on any atom is 0.0636 e. The molecule has 7 heavy (non-hydrogen) atoms. The Labute approximate surface area is 46.9 Å². The van der Waals surface area contributed by atoms with E-state index >= 15 is 0 Å². The fraction of sp³-hybridized carbons (Fsp3) is 0.500. The van der Waals surface area contributed by atoms with Gasteiger partial charge in [-0.1, -0.05) is 6.08 Å². The Balaban J connectivity index is 3.17. The van der Waals surface area contributed by atoms with E-state index in [1.54, 1.807) is 7.11 Å². The zero-order valence-corrected chi connectivity index (χ0v) is 6.99. The zero-order valence-electron chi connectivity index (χ0n) is 4.99. The summed E-state index contributed by atoms with van der Waals surface area (Å²) in [5.41, 5.74) is 2.72. The van der Waals surface area contributed by atoms with Crippen molar-refractivity contribution in [3.8, 4) is 0 Å². The molecule has 0 bridgehead atoms. The molecule has 0 amide bonds. The molecular formula is C4H11NOSi. The highest BCUT2D eigenvalue weighted by Crippen LogP contribution is 1.74. The number of hydroxylamine groups is 1. The summed E-state index contributed by atoms with van der Waals surface area (Å²) in [6, 6.07) is 0. The quantitative estimate of drug-likeness (QED) is 0.384. The number of nitrogens with one attached hydrogen (secondary N) is 1. The molecule has 3 heteroatoms. The summed E-state index contributed by atoms with van der Waals surface area (Å²) in [5.74, 6) is 0. The van der Waals surface area contributed by atoms with Crippen LogP contribution in [0.25, 0.3) is 0 Å². The summed E-state index contributed by atoms with van der Waals surface area (Å²) < 4.78 is 0. The van der Waals surface area contributed by atoms with Gasteiger partial charge in [0.2, 0.25) is 0 Å². The average molecular weight is 117 g/mol. The highest BCUT2D eigenvalue weighted by molar-refractivity contribution is 6.20. The van der Waals surface area contributed by atoms with Gasteiger partial charge in [-0.25, -0.2) is 0 Å². The van der Waals surface area contributed by atoms with Gasteiger partial charge in [0.1, 0.15) is 0 Å². The molecule has 0 rings (SSSR count). The van der Waals surface area contributed by atoms with E-state index in [1.165, 1.54) is 5.32 Å².